The smallest absolute Gasteiger partial charge is 0.335 e. The fraction of sp³-hybridized carbons (Fsp3) is 0.241. The van der Waals surface area contributed by atoms with Crippen LogP contribution in [-0.2, 0) is 22.6 Å². The van der Waals surface area contributed by atoms with Gasteiger partial charge in [0.05, 0.1) is 11.6 Å². The Labute approximate surface area is 221 Å². The van der Waals surface area contributed by atoms with Gasteiger partial charge in [0, 0.05) is 24.5 Å². The fourth-order valence-corrected chi connectivity index (χ4v) is 4.20. The van der Waals surface area contributed by atoms with Crippen LogP contribution in [0.3, 0.4) is 0 Å². The van der Waals surface area contributed by atoms with Crippen LogP contribution in [0.4, 0.5) is 4.39 Å². The van der Waals surface area contributed by atoms with Gasteiger partial charge in [-0.1, -0.05) is 30.9 Å². The van der Waals surface area contributed by atoms with Gasteiger partial charge < -0.3 is 15.7 Å². The molecule has 8 nitrogen and oxygen atoms in total. The van der Waals surface area contributed by atoms with E-state index in [1.165, 1.54) is 23.2 Å². The van der Waals surface area contributed by atoms with E-state index in [1.807, 2.05) is 0 Å². The SMILES string of the molecule is C=NN(/C(C)=C\C)/C(=C\C(=C)C(=O)NCc1ccc(F)c(C)c1)C(=O)NC1CCc2cc(C(=O)O)ccc21. The van der Waals surface area contributed by atoms with Gasteiger partial charge in [0.15, 0.2) is 0 Å². The van der Waals surface area contributed by atoms with Crippen LogP contribution in [0.15, 0.2) is 77.2 Å². The van der Waals surface area contributed by atoms with Gasteiger partial charge in [0.25, 0.3) is 11.8 Å². The van der Waals surface area contributed by atoms with Crippen molar-refractivity contribution >= 4 is 24.5 Å². The highest BCUT2D eigenvalue weighted by Crippen LogP contribution is 2.32. The highest BCUT2D eigenvalue weighted by atomic mass is 19.1. The van der Waals surface area contributed by atoms with Gasteiger partial charge >= 0.3 is 5.97 Å². The van der Waals surface area contributed by atoms with Crippen LogP contribution in [0.2, 0.25) is 0 Å². The molecule has 1 atom stereocenters. The summed E-state index contributed by atoms with van der Waals surface area (Å²) < 4.78 is 13.5. The fourth-order valence-electron chi connectivity index (χ4n) is 4.20. The lowest BCUT2D eigenvalue weighted by atomic mass is 10.0. The van der Waals surface area contributed by atoms with Crippen molar-refractivity contribution in [2.45, 2.75) is 46.2 Å². The summed E-state index contributed by atoms with van der Waals surface area (Å²) in [4.78, 5) is 37.6. The van der Waals surface area contributed by atoms with Crippen LogP contribution >= 0.6 is 0 Å². The topological polar surface area (TPSA) is 111 Å². The molecule has 0 fully saturated rings. The molecule has 0 saturated carbocycles. The molecule has 2 aromatic carbocycles. The second-order valence-electron chi connectivity index (χ2n) is 8.99. The van der Waals surface area contributed by atoms with Gasteiger partial charge in [-0.2, -0.15) is 5.10 Å². The van der Waals surface area contributed by atoms with Crippen molar-refractivity contribution in [3.05, 3.63) is 106 Å². The van der Waals surface area contributed by atoms with Crippen LogP contribution in [0.1, 0.15) is 58.9 Å². The van der Waals surface area contributed by atoms with Gasteiger partial charge in [-0.25, -0.2) is 14.2 Å². The Morgan fingerprint density at radius 3 is 2.58 bits per heavy atom. The third-order valence-electron chi connectivity index (χ3n) is 6.41. The number of amides is 2. The minimum atomic E-state index is -1.01. The second-order valence-corrected chi connectivity index (χ2v) is 8.99. The lowest BCUT2D eigenvalue weighted by molar-refractivity contribution is -0.119. The largest absolute Gasteiger partial charge is 0.478 e. The number of carboxylic acid groups (broad SMARTS) is 1. The second kappa shape index (κ2) is 12.1. The summed E-state index contributed by atoms with van der Waals surface area (Å²) in [5.74, 6) is -2.34. The number of carboxylic acids is 1. The van der Waals surface area contributed by atoms with Crippen molar-refractivity contribution in [3.8, 4) is 0 Å². The van der Waals surface area contributed by atoms with Crippen molar-refractivity contribution in [2.24, 2.45) is 5.10 Å². The molecule has 198 valence electrons. The van der Waals surface area contributed by atoms with Crippen molar-refractivity contribution in [1.82, 2.24) is 15.6 Å². The number of benzene rings is 2. The summed E-state index contributed by atoms with van der Waals surface area (Å²) >= 11 is 0. The standard InChI is InChI=1S/C29H31FN4O4/c1-6-19(4)34(31-5)26(14-18(3)27(35)32-16-20-7-11-24(30)17(2)13-20)28(36)33-25-12-9-21-15-22(29(37)38)8-10-23(21)25/h6-8,10-11,13-15,25H,3,5,9,12,16H2,1-2,4H3,(H,32,35)(H,33,36)(H,37,38)/b19-6-,26-14-. The van der Waals surface area contributed by atoms with E-state index in [9.17, 15) is 23.9 Å². The Bertz CT molecular complexity index is 1360. The Kier molecular flexibility index (Phi) is 8.96. The molecule has 0 aromatic heterocycles. The van der Waals surface area contributed by atoms with E-state index < -0.39 is 17.8 Å². The van der Waals surface area contributed by atoms with E-state index in [-0.39, 0.29) is 35.2 Å². The van der Waals surface area contributed by atoms with E-state index in [0.29, 0.717) is 24.1 Å². The Hall–Kier alpha value is -4.53. The number of hydrogen-bond acceptors (Lipinski definition) is 5. The van der Waals surface area contributed by atoms with E-state index >= 15 is 0 Å². The zero-order valence-corrected chi connectivity index (χ0v) is 21.7. The predicted molar refractivity (Wildman–Crippen MR) is 144 cm³/mol. The molecule has 1 unspecified atom stereocenters. The van der Waals surface area contributed by atoms with E-state index in [1.54, 1.807) is 51.1 Å². The molecule has 0 aliphatic heterocycles. The number of fused-ring (bicyclic) bond motifs is 1. The molecule has 2 aromatic rings. The third kappa shape index (κ3) is 6.42. The normalized spacial score (nSPS) is 14.9. The molecule has 38 heavy (non-hydrogen) atoms. The number of carbonyl (C=O) groups is 3. The van der Waals surface area contributed by atoms with Crippen molar-refractivity contribution in [1.29, 1.82) is 0 Å². The molecule has 2 amide bonds. The summed E-state index contributed by atoms with van der Waals surface area (Å²) in [7, 11) is 0. The van der Waals surface area contributed by atoms with Crippen LogP contribution in [-0.4, -0.2) is 34.6 Å². The maximum absolute atomic E-state index is 13.5. The van der Waals surface area contributed by atoms with E-state index in [4.69, 9.17) is 0 Å². The van der Waals surface area contributed by atoms with E-state index in [0.717, 1.165) is 16.7 Å². The maximum atomic E-state index is 13.5. The van der Waals surface area contributed by atoms with Crippen LogP contribution in [0.5, 0.6) is 0 Å². The molecule has 1 aliphatic rings. The Balaban J connectivity index is 1.81. The average Bonchev–Trinajstić information content (AvgIpc) is 3.30. The molecule has 9 heteroatoms. The number of halogens is 1. The Morgan fingerprint density at radius 2 is 1.95 bits per heavy atom. The predicted octanol–water partition coefficient (Wildman–Crippen LogP) is 4.53. The average molecular weight is 519 g/mol. The van der Waals surface area contributed by atoms with Gasteiger partial charge in [0.2, 0.25) is 0 Å². The molecule has 0 spiro atoms. The first kappa shape index (κ1) is 28.0. The summed E-state index contributed by atoms with van der Waals surface area (Å²) in [5, 5.41) is 20.2. The number of aryl methyl sites for hydroxylation is 2. The van der Waals surface area contributed by atoms with Crippen molar-refractivity contribution in [2.75, 3.05) is 0 Å². The highest BCUT2D eigenvalue weighted by Gasteiger charge is 2.28. The quantitative estimate of drug-likeness (QED) is 0.185. The number of hydrazone groups is 1. The lowest BCUT2D eigenvalue weighted by Crippen LogP contribution is -2.34. The Morgan fingerprint density at radius 1 is 1.21 bits per heavy atom. The minimum Gasteiger partial charge on any atom is -0.478 e. The number of carbonyl (C=O) groups excluding carboxylic acids is 2. The zero-order chi connectivity index (χ0) is 28.0. The monoisotopic (exact) mass is 518 g/mol. The van der Waals surface area contributed by atoms with E-state index in [2.05, 4.69) is 29.0 Å². The molecule has 1 aliphatic carbocycles. The summed E-state index contributed by atoms with van der Waals surface area (Å²) in [6.45, 7) is 12.7. The van der Waals surface area contributed by atoms with Crippen LogP contribution in [0, 0.1) is 12.7 Å². The minimum absolute atomic E-state index is 0.0180. The molecule has 0 radical (unpaired) electrons. The molecule has 0 saturated heterocycles. The summed E-state index contributed by atoms with van der Waals surface area (Å²) in [6, 6.07) is 9.07. The number of aromatic carboxylic acids is 1. The number of nitrogens with zero attached hydrogens (tertiary/aromatic N) is 2. The first-order valence-electron chi connectivity index (χ1n) is 12.1. The molecular weight excluding hydrogens is 487 g/mol. The van der Waals surface area contributed by atoms with Crippen molar-refractivity contribution < 1.29 is 23.9 Å². The lowest BCUT2D eigenvalue weighted by Gasteiger charge is -2.24. The van der Waals surface area contributed by atoms with Gasteiger partial charge in [0.1, 0.15) is 11.5 Å². The number of nitrogens with one attached hydrogen (secondary N) is 2. The molecule has 3 rings (SSSR count). The third-order valence-corrected chi connectivity index (χ3v) is 6.41. The molecule has 0 heterocycles. The van der Waals surface area contributed by atoms with Crippen LogP contribution < -0.4 is 10.6 Å². The van der Waals surface area contributed by atoms with Gasteiger partial charge in [-0.15, -0.1) is 0 Å². The molecule has 3 N–H and O–H groups in total. The summed E-state index contributed by atoms with van der Waals surface area (Å²) in [6.07, 6.45) is 4.30. The number of hydrogen-bond donors (Lipinski definition) is 3. The van der Waals surface area contributed by atoms with Gasteiger partial charge in [-0.3, -0.25) is 9.59 Å². The number of rotatable bonds is 10. The van der Waals surface area contributed by atoms with Crippen molar-refractivity contribution in [3.63, 3.8) is 0 Å². The first-order valence-corrected chi connectivity index (χ1v) is 12.1. The molecule has 0 bridgehead atoms. The van der Waals surface area contributed by atoms with Crippen LogP contribution in [0.25, 0.3) is 0 Å². The first-order chi connectivity index (χ1) is 18.0. The summed E-state index contributed by atoms with van der Waals surface area (Å²) in [5.41, 5.74) is 3.76. The molecular formula is C29H31FN4O4. The number of allylic oxidation sites excluding steroid dienone is 2. The van der Waals surface area contributed by atoms with Gasteiger partial charge in [-0.05, 0) is 80.1 Å². The maximum Gasteiger partial charge on any atom is 0.335 e. The zero-order valence-electron chi connectivity index (χ0n) is 21.7. The highest BCUT2D eigenvalue weighted by molar-refractivity contribution is 6.00.